The molecule has 3 aromatic rings. The number of carbonyl (C=O) groups is 1. The fourth-order valence-corrected chi connectivity index (χ4v) is 4.13. The Morgan fingerprint density at radius 2 is 2.00 bits per heavy atom. The molecule has 4 rings (SSSR count). The zero-order valence-corrected chi connectivity index (χ0v) is 14.1. The van der Waals surface area contributed by atoms with Crippen molar-refractivity contribution in [2.45, 2.75) is 19.3 Å². The topological polar surface area (TPSA) is 72.1 Å². The minimum atomic E-state index is 0.0399. The zero-order valence-electron chi connectivity index (χ0n) is 13.2. The SMILES string of the molecule is Nc1c(C(=O)N2CCCCC2)sc2nc(-c3cccnc3)ccc12. The van der Waals surface area contributed by atoms with E-state index in [1.165, 1.54) is 17.8 Å². The normalized spacial score (nSPS) is 14.9. The Balaban J connectivity index is 1.73. The number of nitrogen functional groups attached to an aromatic ring is 1. The Labute approximate surface area is 144 Å². The number of nitrogens with two attached hydrogens (primary N) is 1. The fraction of sp³-hybridized carbons (Fsp3) is 0.278. The van der Waals surface area contributed by atoms with Gasteiger partial charge in [-0.05, 0) is 43.5 Å². The van der Waals surface area contributed by atoms with Crippen LogP contribution in [0, 0.1) is 0 Å². The second-order valence-corrected chi connectivity index (χ2v) is 6.99. The van der Waals surface area contributed by atoms with Gasteiger partial charge in [0.05, 0.1) is 11.4 Å². The van der Waals surface area contributed by atoms with Crippen molar-refractivity contribution in [1.29, 1.82) is 0 Å². The summed E-state index contributed by atoms with van der Waals surface area (Å²) in [6.45, 7) is 1.64. The van der Waals surface area contributed by atoms with Gasteiger partial charge in [0.15, 0.2) is 0 Å². The molecule has 0 atom stereocenters. The fourth-order valence-electron chi connectivity index (χ4n) is 3.07. The van der Waals surface area contributed by atoms with Crippen molar-refractivity contribution in [3.63, 3.8) is 0 Å². The molecule has 0 bridgehead atoms. The molecule has 1 saturated heterocycles. The van der Waals surface area contributed by atoms with Gasteiger partial charge in [-0.25, -0.2) is 4.98 Å². The number of aromatic nitrogens is 2. The van der Waals surface area contributed by atoms with Gasteiger partial charge in [0.2, 0.25) is 0 Å². The Morgan fingerprint density at radius 3 is 2.75 bits per heavy atom. The Hall–Kier alpha value is -2.47. The molecule has 1 aliphatic rings. The largest absolute Gasteiger partial charge is 0.397 e. The third-order valence-electron chi connectivity index (χ3n) is 4.39. The average Bonchev–Trinajstić information content (AvgIpc) is 2.99. The van der Waals surface area contributed by atoms with E-state index in [9.17, 15) is 4.79 Å². The second kappa shape index (κ2) is 6.20. The number of rotatable bonds is 2. The number of amides is 1. The Kier molecular flexibility index (Phi) is 3.90. The van der Waals surface area contributed by atoms with Crippen molar-refractivity contribution in [2.75, 3.05) is 18.8 Å². The third kappa shape index (κ3) is 2.63. The molecule has 122 valence electrons. The van der Waals surface area contributed by atoms with Gasteiger partial charge in [0.1, 0.15) is 9.71 Å². The predicted molar refractivity (Wildman–Crippen MR) is 97.0 cm³/mol. The molecule has 2 N–H and O–H groups in total. The van der Waals surface area contributed by atoms with Crippen LogP contribution in [0.2, 0.25) is 0 Å². The molecule has 24 heavy (non-hydrogen) atoms. The van der Waals surface area contributed by atoms with Crippen LogP contribution in [0.3, 0.4) is 0 Å². The van der Waals surface area contributed by atoms with Crippen molar-refractivity contribution in [3.8, 4) is 11.3 Å². The van der Waals surface area contributed by atoms with E-state index in [4.69, 9.17) is 5.73 Å². The van der Waals surface area contributed by atoms with E-state index in [1.807, 2.05) is 29.2 Å². The Bertz CT molecular complexity index is 885. The number of hydrogen-bond acceptors (Lipinski definition) is 5. The summed E-state index contributed by atoms with van der Waals surface area (Å²) in [6.07, 6.45) is 6.85. The summed E-state index contributed by atoms with van der Waals surface area (Å²) in [5.74, 6) is 0.0399. The number of thiophene rings is 1. The van der Waals surface area contributed by atoms with Gasteiger partial charge in [-0.1, -0.05) is 0 Å². The summed E-state index contributed by atoms with van der Waals surface area (Å²) in [6, 6.07) is 7.73. The van der Waals surface area contributed by atoms with Gasteiger partial charge in [-0.3, -0.25) is 9.78 Å². The summed E-state index contributed by atoms with van der Waals surface area (Å²) in [5.41, 5.74) is 8.59. The van der Waals surface area contributed by atoms with E-state index in [0.29, 0.717) is 10.6 Å². The maximum atomic E-state index is 12.8. The minimum absolute atomic E-state index is 0.0399. The molecule has 6 heteroatoms. The van der Waals surface area contributed by atoms with Crippen LogP contribution in [0.15, 0.2) is 36.7 Å². The van der Waals surface area contributed by atoms with Crippen molar-refractivity contribution >= 4 is 33.1 Å². The monoisotopic (exact) mass is 338 g/mol. The van der Waals surface area contributed by atoms with E-state index in [0.717, 1.165) is 47.4 Å². The second-order valence-electron chi connectivity index (χ2n) is 5.99. The van der Waals surface area contributed by atoms with Gasteiger partial charge in [0, 0.05) is 36.4 Å². The van der Waals surface area contributed by atoms with Gasteiger partial charge < -0.3 is 10.6 Å². The highest BCUT2D eigenvalue weighted by atomic mass is 32.1. The smallest absolute Gasteiger partial charge is 0.266 e. The molecule has 4 heterocycles. The highest BCUT2D eigenvalue weighted by molar-refractivity contribution is 7.21. The first-order valence-corrected chi connectivity index (χ1v) is 8.94. The minimum Gasteiger partial charge on any atom is -0.397 e. The molecule has 1 aliphatic heterocycles. The van der Waals surface area contributed by atoms with Crippen LogP contribution in [-0.2, 0) is 0 Å². The quantitative estimate of drug-likeness (QED) is 0.775. The lowest BCUT2D eigenvalue weighted by molar-refractivity contribution is 0.0730. The molecular weight excluding hydrogens is 320 g/mol. The van der Waals surface area contributed by atoms with Crippen LogP contribution in [-0.4, -0.2) is 33.9 Å². The van der Waals surface area contributed by atoms with Crippen LogP contribution >= 0.6 is 11.3 Å². The van der Waals surface area contributed by atoms with E-state index in [-0.39, 0.29) is 5.91 Å². The molecular formula is C18H18N4OS. The highest BCUT2D eigenvalue weighted by Gasteiger charge is 2.24. The van der Waals surface area contributed by atoms with Crippen molar-refractivity contribution < 1.29 is 4.79 Å². The van der Waals surface area contributed by atoms with Crippen LogP contribution in [0.25, 0.3) is 21.5 Å². The first-order chi connectivity index (χ1) is 11.7. The highest BCUT2D eigenvalue weighted by Crippen LogP contribution is 2.35. The number of nitrogens with zero attached hydrogens (tertiary/aromatic N) is 3. The molecule has 1 fully saturated rings. The number of pyridine rings is 2. The lowest BCUT2D eigenvalue weighted by atomic mass is 10.1. The maximum absolute atomic E-state index is 12.8. The van der Waals surface area contributed by atoms with Crippen molar-refractivity contribution in [3.05, 3.63) is 41.5 Å². The van der Waals surface area contributed by atoms with Gasteiger partial charge in [-0.15, -0.1) is 11.3 Å². The number of hydrogen-bond donors (Lipinski definition) is 1. The standard InChI is InChI=1S/C18H18N4OS/c19-15-13-6-7-14(12-5-4-8-20-11-12)21-17(13)24-16(15)18(23)22-9-2-1-3-10-22/h4-8,11H,1-3,9-10,19H2. The summed E-state index contributed by atoms with van der Waals surface area (Å²) < 4.78 is 0. The van der Waals surface area contributed by atoms with Crippen molar-refractivity contribution in [1.82, 2.24) is 14.9 Å². The lowest BCUT2D eigenvalue weighted by Crippen LogP contribution is -2.35. The molecule has 0 unspecified atom stereocenters. The molecule has 0 saturated carbocycles. The molecule has 1 amide bonds. The summed E-state index contributed by atoms with van der Waals surface area (Å²) in [5, 5.41) is 0.855. The Morgan fingerprint density at radius 1 is 1.17 bits per heavy atom. The average molecular weight is 338 g/mol. The molecule has 0 spiro atoms. The number of fused-ring (bicyclic) bond motifs is 1. The number of carbonyl (C=O) groups excluding carboxylic acids is 1. The van der Waals surface area contributed by atoms with E-state index in [1.54, 1.807) is 12.4 Å². The van der Waals surface area contributed by atoms with E-state index >= 15 is 0 Å². The maximum Gasteiger partial charge on any atom is 0.266 e. The number of likely N-dealkylation sites (tertiary alicyclic amines) is 1. The van der Waals surface area contributed by atoms with Crippen molar-refractivity contribution in [2.24, 2.45) is 0 Å². The number of anilines is 1. The van der Waals surface area contributed by atoms with Crippen LogP contribution in [0.1, 0.15) is 28.9 Å². The van der Waals surface area contributed by atoms with E-state index < -0.39 is 0 Å². The molecule has 0 radical (unpaired) electrons. The van der Waals surface area contributed by atoms with E-state index in [2.05, 4.69) is 9.97 Å². The summed E-state index contributed by atoms with van der Waals surface area (Å²) >= 11 is 1.39. The lowest BCUT2D eigenvalue weighted by Gasteiger charge is -2.26. The predicted octanol–water partition coefficient (Wildman–Crippen LogP) is 3.57. The van der Waals surface area contributed by atoms with Crippen LogP contribution in [0.4, 0.5) is 5.69 Å². The van der Waals surface area contributed by atoms with Gasteiger partial charge in [-0.2, -0.15) is 0 Å². The molecule has 0 aliphatic carbocycles. The first kappa shape index (κ1) is 15.1. The van der Waals surface area contributed by atoms with Gasteiger partial charge in [0.25, 0.3) is 5.91 Å². The summed E-state index contributed by atoms with van der Waals surface area (Å²) in [7, 11) is 0. The number of piperidine rings is 1. The summed E-state index contributed by atoms with van der Waals surface area (Å²) in [4.78, 5) is 24.9. The van der Waals surface area contributed by atoms with Gasteiger partial charge >= 0.3 is 0 Å². The molecule has 0 aromatic carbocycles. The van der Waals surface area contributed by atoms with Crippen LogP contribution < -0.4 is 5.73 Å². The van der Waals surface area contributed by atoms with Crippen LogP contribution in [0.5, 0.6) is 0 Å². The first-order valence-electron chi connectivity index (χ1n) is 8.13. The zero-order chi connectivity index (χ0) is 16.5. The molecule has 5 nitrogen and oxygen atoms in total. The third-order valence-corrected chi connectivity index (χ3v) is 5.49. The molecule has 3 aromatic heterocycles.